The monoisotopic (exact) mass is 264 g/mol. The summed E-state index contributed by atoms with van der Waals surface area (Å²) < 4.78 is 0. The normalized spacial score (nSPS) is 10.3. The van der Waals surface area contributed by atoms with Crippen molar-refractivity contribution in [3.05, 3.63) is 29.9 Å². The minimum Gasteiger partial charge on any atom is -0.396 e. The van der Waals surface area contributed by atoms with Crippen molar-refractivity contribution in [2.24, 2.45) is 0 Å². The van der Waals surface area contributed by atoms with Crippen molar-refractivity contribution in [1.82, 2.24) is 9.97 Å². The minimum absolute atomic E-state index is 0.181. The topological polar surface area (TPSA) is 61.3 Å². The summed E-state index contributed by atoms with van der Waals surface area (Å²) in [7, 11) is 1.98. The molecule has 0 bridgehead atoms. The molecule has 0 fully saturated rings. The van der Waals surface area contributed by atoms with Crippen LogP contribution in [0.25, 0.3) is 0 Å². The Morgan fingerprint density at radius 1 is 1.44 bits per heavy atom. The Morgan fingerprint density at radius 3 is 3.06 bits per heavy atom. The van der Waals surface area contributed by atoms with Crippen molar-refractivity contribution in [3.63, 3.8) is 0 Å². The first kappa shape index (κ1) is 12.8. The zero-order valence-corrected chi connectivity index (χ0v) is 11.0. The van der Waals surface area contributed by atoms with Gasteiger partial charge in [-0.2, -0.15) is 0 Å². The molecule has 18 heavy (non-hydrogen) atoms. The van der Waals surface area contributed by atoms with Crippen LogP contribution in [0.15, 0.2) is 29.9 Å². The first-order valence-corrected chi connectivity index (χ1v) is 6.63. The largest absolute Gasteiger partial charge is 0.396 e. The molecule has 0 saturated heterocycles. The Bertz CT molecular complexity index is 475. The van der Waals surface area contributed by atoms with E-state index >= 15 is 0 Å². The van der Waals surface area contributed by atoms with Gasteiger partial charge in [-0.1, -0.05) is 0 Å². The highest BCUT2D eigenvalue weighted by Crippen LogP contribution is 2.26. The highest BCUT2D eigenvalue weighted by molar-refractivity contribution is 7.14. The molecule has 0 aliphatic carbocycles. The molecule has 0 aliphatic rings. The van der Waals surface area contributed by atoms with Crippen LogP contribution >= 0.6 is 11.3 Å². The summed E-state index contributed by atoms with van der Waals surface area (Å²) in [4.78, 5) is 10.4. The lowest BCUT2D eigenvalue weighted by Crippen LogP contribution is -2.11. The average molecular weight is 264 g/mol. The lowest BCUT2D eigenvalue weighted by atomic mass is 10.4. The van der Waals surface area contributed by atoms with Gasteiger partial charge in [0.15, 0.2) is 0 Å². The molecule has 5 nitrogen and oxygen atoms in total. The van der Waals surface area contributed by atoms with E-state index in [1.807, 2.05) is 35.5 Å². The van der Waals surface area contributed by atoms with Crippen LogP contribution in [-0.4, -0.2) is 35.3 Å². The maximum absolute atomic E-state index is 8.73. The second kappa shape index (κ2) is 6.32. The van der Waals surface area contributed by atoms with Gasteiger partial charge in [-0.3, -0.25) is 0 Å². The fourth-order valence-corrected chi connectivity index (χ4v) is 2.20. The van der Waals surface area contributed by atoms with Crippen LogP contribution in [0, 0.1) is 0 Å². The third-order valence-corrected chi connectivity index (χ3v) is 3.42. The second-order valence-corrected chi connectivity index (χ2v) is 4.70. The average Bonchev–Trinajstić information content (AvgIpc) is 2.92. The number of hydrogen-bond donors (Lipinski definition) is 2. The van der Waals surface area contributed by atoms with Crippen molar-refractivity contribution in [2.45, 2.75) is 6.42 Å². The first-order chi connectivity index (χ1) is 8.81. The molecule has 96 valence electrons. The maximum atomic E-state index is 8.73. The summed E-state index contributed by atoms with van der Waals surface area (Å²) >= 11 is 1.67. The smallest absolute Gasteiger partial charge is 0.138 e. The molecule has 0 spiro atoms. The fraction of sp³-hybridized carbons (Fsp3) is 0.333. The van der Waals surface area contributed by atoms with Crippen molar-refractivity contribution in [1.29, 1.82) is 0 Å². The molecule has 2 heterocycles. The molecule has 0 atom stereocenters. The molecule has 6 heteroatoms. The van der Waals surface area contributed by atoms with E-state index < -0.39 is 0 Å². The lowest BCUT2D eigenvalue weighted by molar-refractivity contribution is 0.292. The summed E-state index contributed by atoms with van der Waals surface area (Å²) in [5.74, 6) is 1.62. The van der Waals surface area contributed by atoms with Gasteiger partial charge in [0.2, 0.25) is 0 Å². The zero-order valence-electron chi connectivity index (χ0n) is 10.2. The van der Waals surface area contributed by atoms with E-state index in [0.29, 0.717) is 13.0 Å². The van der Waals surface area contributed by atoms with Crippen LogP contribution < -0.4 is 10.2 Å². The van der Waals surface area contributed by atoms with E-state index in [4.69, 9.17) is 5.11 Å². The van der Waals surface area contributed by atoms with Gasteiger partial charge in [0, 0.05) is 26.3 Å². The third-order valence-electron chi connectivity index (χ3n) is 2.47. The van der Waals surface area contributed by atoms with E-state index in [0.717, 1.165) is 16.6 Å². The SMILES string of the molecule is CN(c1cc(NCCCO)ncn1)c1cccs1. The molecule has 2 aromatic heterocycles. The first-order valence-electron chi connectivity index (χ1n) is 5.75. The molecule has 2 rings (SSSR count). The molecule has 0 saturated carbocycles. The Kier molecular flexibility index (Phi) is 4.49. The predicted octanol–water partition coefficient (Wildman–Crippen LogP) is 2.10. The summed E-state index contributed by atoms with van der Waals surface area (Å²) in [5.41, 5.74) is 0. The maximum Gasteiger partial charge on any atom is 0.138 e. The number of thiophene rings is 1. The second-order valence-electron chi connectivity index (χ2n) is 3.78. The lowest BCUT2D eigenvalue weighted by Gasteiger charge is -2.16. The van der Waals surface area contributed by atoms with Crippen LogP contribution in [0.1, 0.15) is 6.42 Å². The van der Waals surface area contributed by atoms with Gasteiger partial charge in [-0.25, -0.2) is 9.97 Å². The van der Waals surface area contributed by atoms with Crippen LogP contribution in [-0.2, 0) is 0 Å². The van der Waals surface area contributed by atoms with Crippen molar-refractivity contribution >= 4 is 28.0 Å². The van der Waals surface area contributed by atoms with Gasteiger partial charge in [0.05, 0.1) is 5.00 Å². The standard InChI is InChI=1S/C12H16N4OS/c1-16(12-4-2-7-18-12)11-8-10(14-9-15-11)13-5-3-6-17/h2,4,7-9,17H,3,5-6H2,1H3,(H,13,14,15). The van der Waals surface area contributed by atoms with E-state index in [1.165, 1.54) is 0 Å². The van der Waals surface area contributed by atoms with Gasteiger partial charge in [-0.15, -0.1) is 11.3 Å². The van der Waals surface area contributed by atoms with Gasteiger partial charge in [0.1, 0.15) is 18.0 Å². The van der Waals surface area contributed by atoms with Crippen LogP contribution in [0.3, 0.4) is 0 Å². The molecule has 0 unspecified atom stereocenters. The number of anilines is 3. The van der Waals surface area contributed by atoms with Crippen LogP contribution in [0.5, 0.6) is 0 Å². The summed E-state index contributed by atoms with van der Waals surface area (Å²) in [5, 5.41) is 15.1. The van der Waals surface area contributed by atoms with Gasteiger partial charge >= 0.3 is 0 Å². The van der Waals surface area contributed by atoms with E-state index in [2.05, 4.69) is 15.3 Å². The molecule has 0 aromatic carbocycles. The summed E-state index contributed by atoms with van der Waals surface area (Å²) in [6.45, 7) is 0.885. The van der Waals surface area contributed by atoms with E-state index in [9.17, 15) is 0 Å². The molecule has 0 radical (unpaired) electrons. The Balaban J connectivity index is 2.07. The van der Waals surface area contributed by atoms with Crippen LogP contribution in [0.4, 0.5) is 16.6 Å². The van der Waals surface area contributed by atoms with Crippen molar-refractivity contribution < 1.29 is 5.11 Å². The van der Waals surface area contributed by atoms with Crippen molar-refractivity contribution in [2.75, 3.05) is 30.4 Å². The number of nitrogens with zero attached hydrogens (tertiary/aromatic N) is 3. The highest BCUT2D eigenvalue weighted by Gasteiger charge is 2.07. The molecule has 2 N–H and O–H groups in total. The predicted molar refractivity (Wildman–Crippen MR) is 74.6 cm³/mol. The molecule has 0 amide bonds. The van der Waals surface area contributed by atoms with Gasteiger partial charge in [-0.05, 0) is 23.9 Å². The van der Waals surface area contributed by atoms with E-state index in [-0.39, 0.29) is 6.61 Å². The highest BCUT2D eigenvalue weighted by atomic mass is 32.1. The van der Waals surface area contributed by atoms with Crippen LogP contribution in [0.2, 0.25) is 0 Å². The number of aromatic nitrogens is 2. The fourth-order valence-electron chi connectivity index (χ4n) is 1.50. The third kappa shape index (κ3) is 3.18. The zero-order chi connectivity index (χ0) is 12.8. The van der Waals surface area contributed by atoms with Gasteiger partial charge < -0.3 is 15.3 Å². The molecular weight excluding hydrogens is 248 g/mol. The Hall–Kier alpha value is -1.66. The molecule has 2 aromatic rings. The number of aliphatic hydroxyl groups excluding tert-OH is 1. The van der Waals surface area contributed by atoms with E-state index in [1.54, 1.807) is 17.7 Å². The number of rotatable bonds is 6. The van der Waals surface area contributed by atoms with Gasteiger partial charge in [0.25, 0.3) is 0 Å². The summed E-state index contributed by atoms with van der Waals surface area (Å²) in [6, 6.07) is 5.96. The Labute approximate surface area is 110 Å². The molecular formula is C12H16N4OS. The minimum atomic E-state index is 0.181. The quantitative estimate of drug-likeness (QED) is 0.782. The van der Waals surface area contributed by atoms with Crippen molar-refractivity contribution in [3.8, 4) is 0 Å². The molecule has 0 aliphatic heterocycles. The number of hydrogen-bond acceptors (Lipinski definition) is 6. The number of aliphatic hydroxyl groups is 1. The number of nitrogens with one attached hydrogen (secondary N) is 1. The summed E-state index contributed by atoms with van der Waals surface area (Å²) in [6.07, 6.45) is 2.25. The Morgan fingerprint density at radius 2 is 2.33 bits per heavy atom.